The minimum absolute atomic E-state index is 0.0481. The van der Waals surface area contributed by atoms with Crippen LogP contribution in [0.1, 0.15) is 13.8 Å². The molecule has 0 fully saturated rings. The zero-order valence-corrected chi connectivity index (χ0v) is 15.1. The van der Waals surface area contributed by atoms with Gasteiger partial charge in [0.2, 0.25) is 11.7 Å². The molecule has 0 saturated carbocycles. The number of amides is 2. The molecule has 148 valence electrons. The van der Waals surface area contributed by atoms with Crippen LogP contribution in [0, 0.1) is 15.9 Å². The van der Waals surface area contributed by atoms with Crippen molar-refractivity contribution >= 4 is 28.9 Å². The molecule has 0 aliphatic rings. The van der Waals surface area contributed by atoms with Gasteiger partial charge < -0.3 is 20.5 Å². The first kappa shape index (κ1) is 20.8. The SMILES string of the molecule is CC(=O)Nc1ccc(OC[C@](C)(O)C(=O)Nc2ccc([N+](=O)[O-])c([18F])c2)cc1. The fraction of sp³-hybridized carbons (Fsp3) is 0.222. The van der Waals surface area contributed by atoms with Gasteiger partial charge in [-0.1, -0.05) is 0 Å². The number of nitro groups is 1. The number of halogens is 1. The van der Waals surface area contributed by atoms with E-state index in [9.17, 15) is 29.2 Å². The Morgan fingerprint density at radius 1 is 1.18 bits per heavy atom. The molecular formula is C18H18FN3O6. The summed E-state index contributed by atoms with van der Waals surface area (Å²) in [6.45, 7) is 2.17. The van der Waals surface area contributed by atoms with Gasteiger partial charge in [0.1, 0.15) is 12.4 Å². The third-order valence-corrected chi connectivity index (χ3v) is 3.59. The summed E-state index contributed by atoms with van der Waals surface area (Å²) in [6.07, 6.45) is 0. The average Bonchev–Trinajstić information content (AvgIpc) is 2.60. The topological polar surface area (TPSA) is 131 Å². The fourth-order valence-electron chi connectivity index (χ4n) is 2.13. The highest BCUT2D eigenvalue weighted by molar-refractivity contribution is 5.97. The van der Waals surface area contributed by atoms with Crippen molar-refractivity contribution in [3.05, 3.63) is 58.4 Å². The Morgan fingerprint density at radius 2 is 1.79 bits per heavy atom. The van der Waals surface area contributed by atoms with E-state index >= 15 is 0 Å². The van der Waals surface area contributed by atoms with Crippen LogP contribution in [0.2, 0.25) is 0 Å². The van der Waals surface area contributed by atoms with Gasteiger partial charge in [-0.05, 0) is 37.3 Å². The maximum atomic E-state index is 13.6. The highest BCUT2D eigenvalue weighted by Crippen LogP contribution is 2.22. The smallest absolute Gasteiger partial charge is 0.304 e. The van der Waals surface area contributed by atoms with Crippen LogP contribution in [0.15, 0.2) is 42.5 Å². The van der Waals surface area contributed by atoms with Crippen LogP contribution < -0.4 is 15.4 Å². The quantitative estimate of drug-likeness (QED) is 0.492. The number of benzene rings is 2. The molecule has 0 unspecified atom stereocenters. The van der Waals surface area contributed by atoms with Crippen LogP contribution in [-0.2, 0) is 9.59 Å². The standard InChI is InChI=1S/C18H18FN3O6/c1-11(23)20-12-3-6-14(7-4-12)28-10-18(2,25)17(24)21-13-5-8-16(22(26)27)15(19)9-13/h3-9,25H,10H2,1-2H3,(H,20,23)(H,21,24)/t18-/m0/s1/i19-1. The lowest BCUT2D eigenvalue weighted by Crippen LogP contribution is -2.45. The Kier molecular flexibility index (Phi) is 6.26. The molecule has 0 spiro atoms. The van der Waals surface area contributed by atoms with Crippen molar-refractivity contribution in [2.24, 2.45) is 0 Å². The fourth-order valence-corrected chi connectivity index (χ4v) is 2.13. The number of ether oxygens (including phenoxy) is 1. The van der Waals surface area contributed by atoms with Gasteiger partial charge in [-0.3, -0.25) is 19.7 Å². The second-order valence-electron chi connectivity index (χ2n) is 6.15. The van der Waals surface area contributed by atoms with Crippen LogP contribution in [-0.4, -0.2) is 34.1 Å². The number of nitrogens with zero attached hydrogens (tertiary/aromatic N) is 1. The summed E-state index contributed by atoms with van der Waals surface area (Å²) in [4.78, 5) is 32.9. The van der Waals surface area contributed by atoms with Crippen molar-refractivity contribution in [2.75, 3.05) is 17.2 Å². The number of aliphatic hydroxyl groups is 1. The Bertz CT molecular complexity index is 899. The summed E-state index contributed by atoms with van der Waals surface area (Å²) >= 11 is 0. The summed E-state index contributed by atoms with van der Waals surface area (Å²) in [7, 11) is 0. The highest BCUT2D eigenvalue weighted by atomic mass is 18.2. The Morgan fingerprint density at radius 3 is 2.32 bits per heavy atom. The summed E-state index contributed by atoms with van der Waals surface area (Å²) in [5.41, 5.74) is -2.18. The summed E-state index contributed by atoms with van der Waals surface area (Å²) in [6, 6.07) is 9.11. The largest absolute Gasteiger partial charge is 0.490 e. The van der Waals surface area contributed by atoms with Crippen molar-refractivity contribution in [3.8, 4) is 5.75 Å². The number of carbonyl (C=O) groups is 2. The molecule has 0 bridgehead atoms. The lowest BCUT2D eigenvalue weighted by atomic mass is 10.1. The Balaban J connectivity index is 1.98. The van der Waals surface area contributed by atoms with Crippen molar-refractivity contribution in [1.29, 1.82) is 0 Å². The van der Waals surface area contributed by atoms with Gasteiger partial charge >= 0.3 is 5.69 Å². The van der Waals surface area contributed by atoms with Gasteiger partial charge in [0, 0.05) is 30.4 Å². The lowest BCUT2D eigenvalue weighted by molar-refractivity contribution is -0.387. The molecule has 2 aromatic rings. The average molecular weight is 390 g/mol. The molecule has 9 nitrogen and oxygen atoms in total. The second kappa shape index (κ2) is 8.44. The van der Waals surface area contributed by atoms with Gasteiger partial charge in [-0.2, -0.15) is 4.39 Å². The van der Waals surface area contributed by atoms with E-state index in [1.165, 1.54) is 13.8 Å². The zero-order chi connectivity index (χ0) is 20.9. The van der Waals surface area contributed by atoms with E-state index in [2.05, 4.69) is 10.6 Å². The molecule has 3 N–H and O–H groups in total. The minimum Gasteiger partial charge on any atom is -0.490 e. The summed E-state index contributed by atoms with van der Waals surface area (Å²) in [5.74, 6) is -1.87. The van der Waals surface area contributed by atoms with E-state index in [0.717, 1.165) is 18.2 Å². The molecule has 0 heterocycles. The normalized spacial score (nSPS) is 12.6. The third-order valence-electron chi connectivity index (χ3n) is 3.59. The van der Waals surface area contributed by atoms with Crippen molar-refractivity contribution in [3.63, 3.8) is 0 Å². The second-order valence-corrected chi connectivity index (χ2v) is 6.15. The van der Waals surface area contributed by atoms with E-state index < -0.39 is 34.5 Å². The van der Waals surface area contributed by atoms with Crippen LogP contribution in [0.25, 0.3) is 0 Å². The van der Waals surface area contributed by atoms with Crippen LogP contribution in [0.4, 0.5) is 21.5 Å². The zero-order valence-electron chi connectivity index (χ0n) is 15.1. The van der Waals surface area contributed by atoms with E-state index in [1.807, 2.05) is 0 Å². The molecule has 2 aromatic carbocycles. The molecule has 1 atom stereocenters. The lowest BCUT2D eigenvalue weighted by Gasteiger charge is -2.22. The first-order valence-electron chi connectivity index (χ1n) is 8.07. The monoisotopic (exact) mass is 390 g/mol. The molecule has 0 aromatic heterocycles. The van der Waals surface area contributed by atoms with Crippen molar-refractivity contribution in [2.45, 2.75) is 19.4 Å². The number of hydrogen-bond donors (Lipinski definition) is 3. The van der Waals surface area contributed by atoms with Gasteiger partial charge in [0.15, 0.2) is 5.60 Å². The highest BCUT2D eigenvalue weighted by Gasteiger charge is 2.32. The van der Waals surface area contributed by atoms with Crippen molar-refractivity contribution < 1.29 is 28.7 Å². The molecule has 0 radical (unpaired) electrons. The summed E-state index contributed by atoms with van der Waals surface area (Å²) < 4.78 is 19.0. The maximum Gasteiger partial charge on any atom is 0.304 e. The molecule has 10 heteroatoms. The first-order chi connectivity index (χ1) is 13.1. The van der Waals surface area contributed by atoms with Gasteiger partial charge in [0.05, 0.1) is 4.92 Å². The number of hydrogen-bond acceptors (Lipinski definition) is 6. The number of nitrogens with one attached hydrogen (secondary N) is 2. The molecule has 0 saturated heterocycles. The van der Waals surface area contributed by atoms with Gasteiger partial charge in [-0.25, -0.2) is 0 Å². The molecule has 2 rings (SSSR count). The minimum atomic E-state index is -1.96. The third kappa shape index (κ3) is 5.48. The molecule has 0 aliphatic carbocycles. The van der Waals surface area contributed by atoms with E-state index in [0.29, 0.717) is 11.4 Å². The van der Waals surface area contributed by atoms with Crippen LogP contribution >= 0.6 is 0 Å². The summed E-state index contributed by atoms with van der Waals surface area (Å²) in [5, 5.41) is 25.8. The van der Waals surface area contributed by atoms with E-state index in [4.69, 9.17) is 4.74 Å². The Hall–Kier alpha value is -3.53. The number of carbonyl (C=O) groups excluding carboxylic acids is 2. The number of anilines is 2. The van der Waals surface area contributed by atoms with Gasteiger partial charge in [-0.15, -0.1) is 0 Å². The number of rotatable bonds is 7. The molecule has 0 aliphatic heterocycles. The molecule has 2 amide bonds. The van der Waals surface area contributed by atoms with Crippen LogP contribution in [0.3, 0.4) is 0 Å². The van der Waals surface area contributed by atoms with E-state index in [1.54, 1.807) is 24.3 Å². The Labute approximate surface area is 159 Å². The van der Waals surface area contributed by atoms with Crippen LogP contribution in [0.5, 0.6) is 5.75 Å². The first-order valence-corrected chi connectivity index (χ1v) is 8.07. The van der Waals surface area contributed by atoms with Crippen molar-refractivity contribution in [1.82, 2.24) is 0 Å². The predicted molar refractivity (Wildman–Crippen MR) is 98.5 cm³/mol. The molecule has 28 heavy (non-hydrogen) atoms. The predicted octanol–water partition coefficient (Wildman–Crippen LogP) is 2.46. The molecular weight excluding hydrogens is 372 g/mol. The number of nitro benzene ring substituents is 1. The van der Waals surface area contributed by atoms with Gasteiger partial charge in [0.25, 0.3) is 5.91 Å². The van der Waals surface area contributed by atoms with E-state index in [-0.39, 0.29) is 11.6 Å². The maximum absolute atomic E-state index is 13.6.